The zero-order chi connectivity index (χ0) is 12.8. The van der Waals surface area contributed by atoms with Gasteiger partial charge in [-0.05, 0) is 58.0 Å². The highest BCUT2D eigenvalue weighted by Crippen LogP contribution is 2.36. The van der Waals surface area contributed by atoms with E-state index in [2.05, 4.69) is 22.0 Å². The van der Waals surface area contributed by atoms with Crippen molar-refractivity contribution in [2.75, 3.05) is 19.6 Å². The molecule has 0 amide bonds. The largest absolute Gasteiger partial charge is 0.311 e. The van der Waals surface area contributed by atoms with Crippen LogP contribution in [0, 0.1) is 0 Å². The van der Waals surface area contributed by atoms with Crippen LogP contribution in [0.5, 0.6) is 0 Å². The van der Waals surface area contributed by atoms with Crippen LogP contribution in [0.15, 0.2) is 0 Å². The van der Waals surface area contributed by atoms with Crippen molar-refractivity contribution in [2.24, 2.45) is 0 Å². The molecule has 0 aliphatic carbocycles. The second-order valence-electron chi connectivity index (χ2n) is 7.20. The Morgan fingerprint density at radius 2 is 1.84 bits per heavy atom. The van der Waals surface area contributed by atoms with Gasteiger partial charge in [-0.15, -0.1) is 0 Å². The number of nitrogens with one attached hydrogen (secondary N) is 1. The summed E-state index contributed by atoms with van der Waals surface area (Å²) in [6.45, 7) is 6.39. The Labute approximate surface area is 117 Å². The monoisotopic (exact) mass is 263 g/mol. The molecule has 1 N–H and O–H groups in total. The van der Waals surface area contributed by atoms with Gasteiger partial charge in [0.1, 0.15) is 0 Å². The summed E-state index contributed by atoms with van der Waals surface area (Å²) in [4.78, 5) is 5.67. The SMILES string of the molecule is CCN(C1CC2CCC(C1)N2)C1CCN2CCCC12. The van der Waals surface area contributed by atoms with Crippen LogP contribution in [0.2, 0.25) is 0 Å². The lowest BCUT2D eigenvalue weighted by molar-refractivity contribution is 0.0830. The van der Waals surface area contributed by atoms with E-state index < -0.39 is 0 Å². The molecule has 0 spiro atoms. The summed E-state index contributed by atoms with van der Waals surface area (Å²) >= 11 is 0. The zero-order valence-corrected chi connectivity index (χ0v) is 12.4. The van der Waals surface area contributed by atoms with E-state index in [4.69, 9.17) is 0 Å². The van der Waals surface area contributed by atoms with E-state index in [1.165, 1.54) is 64.6 Å². The smallest absolute Gasteiger partial charge is 0.0266 e. The van der Waals surface area contributed by atoms with E-state index in [9.17, 15) is 0 Å². The van der Waals surface area contributed by atoms with E-state index in [0.717, 1.165) is 30.2 Å². The minimum atomic E-state index is 0.832. The summed E-state index contributed by atoms with van der Waals surface area (Å²) in [5.41, 5.74) is 0. The molecule has 3 heteroatoms. The van der Waals surface area contributed by atoms with Crippen LogP contribution in [0.25, 0.3) is 0 Å². The molecule has 4 aliphatic heterocycles. The maximum absolute atomic E-state index is 3.80. The molecule has 4 aliphatic rings. The van der Waals surface area contributed by atoms with Crippen LogP contribution in [-0.4, -0.2) is 59.6 Å². The van der Waals surface area contributed by atoms with Gasteiger partial charge in [-0.2, -0.15) is 0 Å². The Balaban J connectivity index is 1.48. The Kier molecular flexibility index (Phi) is 3.33. The summed E-state index contributed by atoms with van der Waals surface area (Å²) in [7, 11) is 0. The fourth-order valence-corrected chi connectivity index (χ4v) is 5.50. The average Bonchev–Trinajstić information content (AvgIpc) is 3.08. The Bertz CT molecular complexity index is 320. The summed E-state index contributed by atoms with van der Waals surface area (Å²) in [5.74, 6) is 0. The number of likely N-dealkylation sites (N-methyl/N-ethyl adjacent to an activating group) is 1. The lowest BCUT2D eigenvalue weighted by Gasteiger charge is -2.42. The maximum Gasteiger partial charge on any atom is 0.0266 e. The van der Waals surface area contributed by atoms with Crippen molar-refractivity contribution < 1.29 is 0 Å². The van der Waals surface area contributed by atoms with Crippen LogP contribution in [0.3, 0.4) is 0 Å². The van der Waals surface area contributed by atoms with Crippen molar-refractivity contribution in [2.45, 2.75) is 82.1 Å². The van der Waals surface area contributed by atoms with Crippen molar-refractivity contribution in [3.8, 4) is 0 Å². The topological polar surface area (TPSA) is 18.5 Å². The fraction of sp³-hybridized carbons (Fsp3) is 1.00. The Morgan fingerprint density at radius 1 is 1.05 bits per heavy atom. The molecule has 0 saturated carbocycles. The van der Waals surface area contributed by atoms with Crippen LogP contribution in [0.1, 0.15) is 51.9 Å². The molecule has 108 valence electrons. The number of fused-ring (bicyclic) bond motifs is 3. The molecule has 3 nitrogen and oxygen atoms in total. The quantitative estimate of drug-likeness (QED) is 0.838. The first-order chi connectivity index (χ1) is 9.35. The number of hydrogen-bond acceptors (Lipinski definition) is 3. The van der Waals surface area contributed by atoms with Gasteiger partial charge in [0.25, 0.3) is 0 Å². The molecule has 4 heterocycles. The molecule has 4 rings (SSSR count). The number of rotatable bonds is 3. The third-order valence-corrected chi connectivity index (χ3v) is 6.28. The van der Waals surface area contributed by atoms with Crippen LogP contribution < -0.4 is 5.32 Å². The van der Waals surface area contributed by atoms with Crippen LogP contribution >= 0.6 is 0 Å². The van der Waals surface area contributed by atoms with Gasteiger partial charge in [0.15, 0.2) is 0 Å². The predicted molar refractivity (Wildman–Crippen MR) is 78.3 cm³/mol. The zero-order valence-electron chi connectivity index (χ0n) is 12.4. The van der Waals surface area contributed by atoms with Crippen molar-refractivity contribution in [1.29, 1.82) is 0 Å². The highest BCUT2D eigenvalue weighted by atomic mass is 15.3. The first kappa shape index (κ1) is 12.6. The molecule has 0 aromatic rings. The molecule has 0 radical (unpaired) electrons. The van der Waals surface area contributed by atoms with E-state index in [0.29, 0.717) is 0 Å². The molecule has 4 saturated heterocycles. The standard InChI is InChI=1S/C16H29N3/c1-2-19(14-10-12-5-6-13(11-14)17-12)16-7-9-18-8-3-4-15(16)18/h12-17H,2-11H2,1H3. The third kappa shape index (κ3) is 2.14. The average molecular weight is 263 g/mol. The van der Waals surface area contributed by atoms with E-state index in [1.54, 1.807) is 0 Å². The highest BCUT2D eigenvalue weighted by molar-refractivity contribution is 5.02. The van der Waals surface area contributed by atoms with Gasteiger partial charge in [-0.25, -0.2) is 0 Å². The molecule has 4 atom stereocenters. The molecule has 4 unspecified atom stereocenters. The first-order valence-electron chi connectivity index (χ1n) is 8.61. The Morgan fingerprint density at radius 3 is 2.58 bits per heavy atom. The summed E-state index contributed by atoms with van der Waals surface area (Å²) in [6.07, 6.45) is 10.0. The van der Waals surface area contributed by atoms with Gasteiger partial charge in [-0.3, -0.25) is 9.80 Å². The van der Waals surface area contributed by atoms with Gasteiger partial charge in [-0.1, -0.05) is 6.92 Å². The molecule has 0 aromatic carbocycles. The molecule has 0 aromatic heterocycles. The van der Waals surface area contributed by atoms with Gasteiger partial charge < -0.3 is 5.32 Å². The molecule has 4 fully saturated rings. The molecule has 2 bridgehead atoms. The lowest BCUT2D eigenvalue weighted by Crippen LogP contribution is -2.53. The summed E-state index contributed by atoms with van der Waals surface area (Å²) < 4.78 is 0. The maximum atomic E-state index is 3.80. The molecule has 19 heavy (non-hydrogen) atoms. The number of nitrogens with zero attached hydrogens (tertiary/aromatic N) is 2. The number of hydrogen-bond donors (Lipinski definition) is 1. The van der Waals surface area contributed by atoms with Crippen LogP contribution in [-0.2, 0) is 0 Å². The van der Waals surface area contributed by atoms with Crippen molar-refractivity contribution in [3.63, 3.8) is 0 Å². The van der Waals surface area contributed by atoms with Gasteiger partial charge >= 0.3 is 0 Å². The van der Waals surface area contributed by atoms with E-state index in [-0.39, 0.29) is 0 Å². The normalized spacial score (nSPS) is 46.1. The molecular weight excluding hydrogens is 234 g/mol. The van der Waals surface area contributed by atoms with E-state index in [1.807, 2.05) is 0 Å². The van der Waals surface area contributed by atoms with Gasteiger partial charge in [0.2, 0.25) is 0 Å². The second kappa shape index (κ2) is 5.01. The first-order valence-corrected chi connectivity index (χ1v) is 8.61. The van der Waals surface area contributed by atoms with Crippen LogP contribution in [0.4, 0.5) is 0 Å². The number of piperidine rings is 1. The van der Waals surface area contributed by atoms with Crippen molar-refractivity contribution >= 4 is 0 Å². The third-order valence-electron chi connectivity index (χ3n) is 6.28. The lowest BCUT2D eigenvalue weighted by atomic mass is 9.94. The Hall–Kier alpha value is -0.120. The molecular formula is C16H29N3. The summed E-state index contributed by atoms with van der Waals surface area (Å²) in [5, 5.41) is 3.80. The van der Waals surface area contributed by atoms with Crippen molar-refractivity contribution in [1.82, 2.24) is 15.1 Å². The predicted octanol–water partition coefficient (Wildman–Crippen LogP) is 1.83. The fourth-order valence-electron chi connectivity index (χ4n) is 5.50. The minimum Gasteiger partial charge on any atom is -0.311 e. The summed E-state index contributed by atoms with van der Waals surface area (Å²) in [6, 6.07) is 4.30. The second-order valence-corrected chi connectivity index (χ2v) is 7.20. The van der Waals surface area contributed by atoms with Crippen molar-refractivity contribution in [3.05, 3.63) is 0 Å². The van der Waals surface area contributed by atoms with E-state index >= 15 is 0 Å². The van der Waals surface area contributed by atoms with Gasteiger partial charge in [0.05, 0.1) is 0 Å². The van der Waals surface area contributed by atoms with Gasteiger partial charge in [0, 0.05) is 36.8 Å². The minimum absolute atomic E-state index is 0.832. The highest BCUT2D eigenvalue weighted by Gasteiger charge is 2.44.